The van der Waals surface area contributed by atoms with E-state index in [9.17, 15) is 20.1 Å². The van der Waals surface area contributed by atoms with Crippen LogP contribution in [0.25, 0.3) is 0 Å². The van der Waals surface area contributed by atoms with Crippen LogP contribution in [0.15, 0.2) is 0 Å². The van der Waals surface area contributed by atoms with E-state index < -0.39 is 50.0 Å². The molecule has 0 spiro atoms. The minimum atomic E-state index is -1.83. The van der Waals surface area contributed by atoms with Gasteiger partial charge in [-0.1, -0.05) is 0 Å². The van der Waals surface area contributed by atoms with Crippen LogP contribution in [0.3, 0.4) is 0 Å². The smallest absolute Gasteiger partial charge is 0.217 e. The van der Waals surface area contributed by atoms with Crippen LogP contribution in [-0.2, 0) is 9.53 Å². The van der Waals surface area contributed by atoms with Gasteiger partial charge in [-0.15, -0.1) is 0 Å². The lowest BCUT2D eigenvalue weighted by Gasteiger charge is -2.40. The van der Waals surface area contributed by atoms with Gasteiger partial charge in [0.25, 0.3) is 0 Å². The second-order valence-corrected chi connectivity index (χ2v) is 3.21. The summed E-state index contributed by atoms with van der Waals surface area (Å²) >= 11 is 0. The molecule has 0 radical (unpaired) electrons. The van der Waals surface area contributed by atoms with Gasteiger partial charge < -0.3 is 30.5 Å². The lowest BCUT2D eigenvalue weighted by Crippen LogP contribution is -2.63. The van der Waals surface area contributed by atoms with E-state index in [1.54, 1.807) is 0 Å². The summed E-state index contributed by atoms with van der Waals surface area (Å²) in [4.78, 5) is 10.9. The maximum absolute atomic E-state index is 10.9. The zero-order chi connectivity index (χ0) is 13.2. The lowest BCUT2D eigenvalue weighted by atomic mass is 9.97. The van der Waals surface area contributed by atoms with Crippen molar-refractivity contribution < 1.29 is 32.7 Å². The number of ether oxygens (including phenoxy) is 1. The van der Waals surface area contributed by atoms with Crippen LogP contribution >= 0.6 is 0 Å². The number of aliphatic hydroxyl groups excluding tert-OH is 4. The van der Waals surface area contributed by atoms with E-state index in [0.717, 1.165) is 0 Å². The molecule has 1 amide bonds. The summed E-state index contributed by atoms with van der Waals surface area (Å²) in [6, 6.07) is -1.31. The quantitative estimate of drug-likeness (QED) is 0.339. The van der Waals surface area contributed by atoms with Crippen molar-refractivity contribution in [1.29, 1.82) is 0 Å². The predicted molar refractivity (Wildman–Crippen MR) is 47.6 cm³/mol. The number of nitrogens with one attached hydrogen (secondary N) is 1. The fraction of sp³-hybridized carbons (Fsp3) is 0.875. The molecule has 0 aromatic heterocycles. The van der Waals surface area contributed by atoms with E-state index in [0.29, 0.717) is 0 Å². The van der Waals surface area contributed by atoms with Gasteiger partial charge in [0.1, 0.15) is 24.4 Å². The van der Waals surface area contributed by atoms with Crippen LogP contribution in [0.5, 0.6) is 0 Å². The van der Waals surface area contributed by atoms with Crippen LogP contribution < -0.4 is 5.32 Å². The molecule has 1 heterocycles. The monoisotopic (exact) mass is 224 g/mol. The van der Waals surface area contributed by atoms with Crippen molar-refractivity contribution in [2.24, 2.45) is 0 Å². The Bertz CT molecular complexity index is 279. The molecule has 7 nitrogen and oxygen atoms in total. The number of amides is 1. The van der Waals surface area contributed by atoms with Gasteiger partial charge in [-0.3, -0.25) is 4.79 Å². The highest BCUT2D eigenvalue weighted by molar-refractivity contribution is 5.73. The number of aliphatic hydroxyl groups is 4. The zero-order valence-corrected chi connectivity index (χ0v) is 7.78. The van der Waals surface area contributed by atoms with Gasteiger partial charge in [-0.25, -0.2) is 0 Å². The Morgan fingerprint density at radius 3 is 2.80 bits per heavy atom. The van der Waals surface area contributed by atoms with Gasteiger partial charge in [-0.2, -0.15) is 0 Å². The molecule has 0 bridgehead atoms. The minimum Gasteiger partial charge on any atom is -0.394 e. The lowest BCUT2D eigenvalue weighted by molar-refractivity contribution is -0.253. The summed E-state index contributed by atoms with van der Waals surface area (Å²) in [7, 11) is 0. The van der Waals surface area contributed by atoms with Gasteiger partial charge in [-0.05, 0) is 0 Å². The number of hydrogen-bond donors (Lipinski definition) is 5. The molecule has 1 fully saturated rings. The van der Waals surface area contributed by atoms with Crippen LogP contribution in [0, 0.1) is 0 Å². The van der Waals surface area contributed by atoms with Gasteiger partial charge in [0.15, 0.2) is 6.29 Å². The summed E-state index contributed by atoms with van der Waals surface area (Å²) in [5.74, 6) is -0.756. The highest BCUT2D eigenvalue weighted by atomic mass is 16.6. The van der Waals surface area contributed by atoms with Crippen molar-refractivity contribution >= 4 is 5.91 Å². The molecule has 0 aromatic rings. The number of carbonyl (C=O) groups is 1. The van der Waals surface area contributed by atoms with Gasteiger partial charge in [0, 0.05) is 8.27 Å². The van der Waals surface area contributed by atoms with Crippen LogP contribution in [0.1, 0.15) is 9.64 Å². The third-order valence-electron chi connectivity index (χ3n) is 2.13. The summed E-state index contributed by atoms with van der Waals surface area (Å²) in [5, 5.41) is 39.6. The number of hydrogen-bond acceptors (Lipinski definition) is 6. The largest absolute Gasteiger partial charge is 0.394 e. The first-order valence-electron chi connectivity index (χ1n) is 5.55. The normalized spacial score (nSPS) is 45.2. The fourth-order valence-corrected chi connectivity index (χ4v) is 1.37. The fourth-order valence-electron chi connectivity index (χ4n) is 1.37. The summed E-state index contributed by atoms with van der Waals surface area (Å²) < 4.78 is 18.4. The Labute approximate surface area is 89.1 Å². The first-order chi connectivity index (χ1) is 7.88. The Kier molecular flexibility index (Phi) is 3.08. The molecule has 7 heteroatoms. The van der Waals surface area contributed by atoms with Crippen LogP contribution in [0.4, 0.5) is 0 Å². The van der Waals surface area contributed by atoms with E-state index in [2.05, 4.69) is 5.32 Å². The maximum atomic E-state index is 10.9. The highest BCUT2D eigenvalue weighted by Crippen LogP contribution is 2.19. The number of rotatable bonds is 2. The first kappa shape index (κ1) is 9.49. The van der Waals surface area contributed by atoms with Crippen LogP contribution in [0.2, 0.25) is 0 Å². The van der Waals surface area contributed by atoms with Crippen molar-refractivity contribution in [3.63, 3.8) is 0 Å². The Hall–Kier alpha value is -0.730. The molecule has 0 aliphatic carbocycles. The molecule has 1 aliphatic rings. The second-order valence-electron chi connectivity index (χ2n) is 3.21. The zero-order valence-electron chi connectivity index (χ0n) is 9.78. The van der Waals surface area contributed by atoms with Gasteiger partial charge in [0.05, 0.1) is 7.95 Å². The van der Waals surface area contributed by atoms with Crippen molar-refractivity contribution in [2.75, 3.05) is 6.58 Å². The first-order valence-corrected chi connectivity index (χ1v) is 4.27. The van der Waals surface area contributed by atoms with Crippen LogP contribution in [-0.4, -0.2) is 63.6 Å². The van der Waals surface area contributed by atoms with Gasteiger partial charge in [0.2, 0.25) is 5.91 Å². The molecule has 1 aliphatic heterocycles. The molecule has 1 rings (SSSR count). The Balaban J connectivity index is 2.73. The molecular formula is C8H15NO6. The molecule has 6 atom stereocenters. The third kappa shape index (κ3) is 2.64. The molecule has 0 aromatic carbocycles. The average Bonchev–Trinajstić information content (AvgIpc) is 2.28. The molecule has 0 saturated carbocycles. The molecule has 15 heavy (non-hydrogen) atoms. The Morgan fingerprint density at radius 1 is 1.60 bits per heavy atom. The number of carbonyl (C=O) groups excluding carboxylic acids is 1. The molecule has 88 valence electrons. The second kappa shape index (κ2) is 4.86. The SMILES string of the molecule is [2H]CC(=O)N[C@H]1C(O)O[C@H](C([3H])O)[C@@H](O)[C@@H]1O. The van der Waals surface area contributed by atoms with Crippen molar-refractivity contribution in [3.05, 3.63) is 0 Å². The van der Waals surface area contributed by atoms with Crippen molar-refractivity contribution in [1.82, 2.24) is 5.32 Å². The minimum absolute atomic E-state index is 0.601. The Morgan fingerprint density at radius 2 is 2.27 bits per heavy atom. The molecular weight excluding hydrogens is 206 g/mol. The topological polar surface area (TPSA) is 119 Å². The summed E-state index contributed by atoms with van der Waals surface area (Å²) in [5.41, 5.74) is 0. The molecule has 5 N–H and O–H groups in total. The summed E-state index contributed by atoms with van der Waals surface area (Å²) in [6.07, 6.45) is -6.36. The molecule has 2 unspecified atom stereocenters. The summed E-state index contributed by atoms with van der Waals surface area (Å²) in [6.45, 7) is -2.43. The maximum Gasteiger partial charge on any atom is 0.217 e. The van der Waals surface area contributed by atoms with Crippen molar-refractivity contribution in [2.45, 2.75) is 37.5 Å². The average molecular weight is 224 g/mol. The van der Waals surface area contributed by atoms with E-state index in [4.69, 9.17) is 12.6 Å². The molecule has 1 saturated heterocycles. The van der Waals surface area contributed by atoms with Crippen molar-refractivity contribution in [3.8, 4) is 0 Å². The van der Waals surface area contributed by atoms with Gasteiger partial charge >= 0.3 is 0 Å². The van der Waals surface area contributed by atoms with E-state index >= 15 is 0 Å². The van der Waals surface area contributed by atoms with E-state index in [1.807, 2.05) is 0 Å². The third-order valence-corrected chi connectivity index (χ3v) is 2.13. The standard InChI is InChI=1S/C8H15NO6/c1-3(11)9-5-7(13)6(12)4(2-10)15-8(5)14/h4-8,10,12-14H,2H2,1H3,(H,9,11)/t4-,5-,6-,7-,8?/m1/s1/i1D,2T/t2?,4-,5-,6-,7-,8?. The van der Waals surface area contributed by atoms with E-state index in [-0.39, 0.29) is 0 Å². The predicted octanol–water partition coefficient (Wildman–Crippen LogP) is -3.08. The van der Waals surface area contributed by atoms with E-state index in [1.165, 1.54) is 0 Å². The highest BCUT2D eigenvalue weighted by Gasteiger charge is 2.43.